The van der Waals surface area contributed by atoms with E-state index in [9.17, 15) is 0 Å². The summed E-state index contributed by atoms with van der Waals surface area (Å²) < 4.78 is 5.85. The second-order valence-electron chi connectivity index (χ2n) is 4.30. The summed E-state index contributed by atoms with van der Waals surface area (Å²) in [6, 6.07) is 8.20. The molecule has 98 valence electrons. The molecule has 4 nitrogen and oxygen atoms in total. The minimum absolute atomic E-state index is 0.162. The number of benzene rings is 1. The smallest absolute Gasteiger partial charge is 0.191 e. The fourth-order valence-corrected chi connectivity index (χ4v) is 2.06. The van der Waals surface area contributed by atoms with Crippen LogP contribution in [-0.4, -0.2) is 31.7 Å². The Balaban J connectivity index is 1.90. The number of para-hydroxylation sites is 1. The van der Waals surface area contributed by atoms with Crippen LogP contribution in [0.2, 0.25) is 0 Å². The molecule has 1 aromatic rings. The van der Waals surface area contributed by atoms with Gasteiger partial charge in [0, 0.05) is 19.5 Å². The molecule has 1 atom stereocenters. The van der Waals surface area contributed by atoms with E-state index in [1.54, 1.807) is 0 Å². The van der Waals surface area contributed by atoms with Crippen molar-refractivity contribution in [3.05, 3.63) is 29.8 Å². The van der Waals surface area contributed by atoms with Crippen LogP contribution in [0.3, 0.4) is 0 Å². The van der Waals surface area contributed by atoms with Gasteiger partial charge in [-0.25, -0.2) is 4.99 Å². The maximum Gasteiger partial charge on any atom is 0.191 e. The SMILES string of the molecule is CCNC(=NCC1Cc2ccccc2O1)NCC. The van der Waals surface area contributed by atoms with Crippen molar-refractivity contribution in [1.29, 1.82) is 0 Å². The summed E-state index contributed by atoms with van der Waals surface area (Å²) in [4.78, 5) is 4.54. The topological polar surface area (TPSA) is 45.7 Å². The molecular formula is C14H21N3O. The van der Waals surface area contributed by atoms with Crippen LogP contribution in [0, 0.1) is 0 Å². The van der Waals surface area contributed by atoms with Crippen molar-refractivity contribution in [2.75, 3.05) is 19.6 Å². The first kappa shape index (κ1) is 12.7. The van der Waals surface area contributed by atoms with Gasteiger partial charge in [0.15, 0.2) is 5.96 Å². The maximum absolute atomic E-state index is 5.85. The highest BCUT2D eigenvalue weighted by Gasteiger charge is 2.21. The van der Waals surface area contributed by atoms with E-state index in [2.05, 4.69) is 41.6 Å². The molecule has 0 spiro atoms. The lowest BCUT2D eigenvalue weighted by Crippen LogP contribution is -2.38. The molecule has 1 heterocycles. The lowest BCUT2D eigenvalue weighted by molar-refractivity contribution is 0.241. The zero-order valence-electron chi connectivity index (χ0n) is 11.1. The van der Waals surface area contributed by atoms with E-state index in [1.807, 2.05) is 12.1 Å². The van der Waals surface area contributed by atoms with Crippen LogP contribution < -0.4 is 15.4 Å². The monoisotopic (exact) mass is 247 g/mol. The predicted octanol–water partition coefficient (Wildman–Crippen LogP) is 1.57. The van der Waals surface area contributed by atoms with E-state index in [0.717, 1.165) is 31.2 Å². The molecule has 0 bridgehead atoms. The van der Waals surface area contributed by atoms with Gasteiger partial charge in [0.25, 0.3) is 0 Å². The van der Waals surface area contributed by atoms with Gasteiger partial charge >= 0.3 is 0 Å². The number of hydrogen-bond acceptors (Lipinski definition) is 2. The highest BCUT2D eigenvalue weighted by molar-refractivity contribution is 5.79. The molecule has 0 amide bonds. The van der Waals surface area contributed by atoms with E-state index in [4.69, 9.17) is 4.74 Å². The third-order valence-corrected chi connectivity index (χ3v) is 2.86. The van der Waals surface area contributed by atoms with Crippen LogP contribution in [0.1, 0.15) is 19.4 Å². The number of fused-ring (bicyclic) bond motifs is 1. The fourth-order valence-electron chi connectivity index (χ4n) is 2.06. The first-order valence-corrected chi connectivity index (χ1v) is 6.60. The van der Waals surface area contributed by atoms with Gasteiger partial charge in [-0.3, -0.25) is 0 Å². The van der Waals surface area contributed by atoms with Crippen LogP contribution in [-0.2, 0) is 6.42 Å². The Morgan fingerprint density at radius 2 is 2.00 bits per heavy atom. The molecule has 0 radical (unpaired) electrons. The molecule has 0 saturated heterocycles. The minimum Gasteiger partial charge on any atom is -0.488 e. The van der Waals surface area contributed by atoms with Gasteiger partial charge in [-0.15, -0.1) is 0 Å². The van der Waals surface area contributed by atoms with Gasteiger partial charge in [-0.05, 0) is 25.5 Å². The second-order valence-corrected chi connectivity index (χ2v) is 4.30. The lowest BCUT2D eigenvalue weighted by atomic mass is 10.1. The van der Waals surface area contributed by atoms with E-state index in [1.165, 1.54) is 5.56 Å². The molecule has 0 fully saturated rings. The molecule has 2 rings (SSSR count). The van der Waals surface area contributed by atoms with Crippen molar-refractivity contribution < 1.29 is 4.74 Å². The number of nitrogens with one attached hydrogen (secondary N) is 2. The number of hydrogen-bond donors (Lipinski definition) is 2. The van der Waals surface area contributed by atoms with Gasteiger partial charge in [-0.2, -0.15) is 0 Å². The largest absolute Gasteiger partial charge is 0.488 e. The van der Waals surface area contributed by atoms with Crippen molar-refractivity contribution in [2.24, 2.45) is 4.99 Å². The summed E-state index contributed by atoms with van der Waals surface area (Å²) in [5.41, 5.74) is 1.28. The molecule has 18 heavy (non-hydrogen) atoms. The Kier molecular flexibility index (Phi) is 4.45. The van der Waals surface area contributed by atoms with Crippen LogP contribution >= 0.6 is 0 Å². The predicted molar refractivity (Wildman–Crippen MR) is 74.2 cm³/mol. The summed E-state index contributed by atoms with van der Waals surface area (Å²) in [5, 5.41) is 6.42. The number of aliphatic imine (C=N–C) groups is 1. The lowest BCUT2D eigenvalue weighted by Gasteiger charge is -2.11. The zero-order valence-corrected chi connectivity index (χ0v) is 11.1. The van der Waals surface area contributed by atoms with Gasteiger partial charge in [0.1, 0.15) is 11.9 Å². The Hall–Kier alpha value is -1.71. The Labute approximate surface area is 108 Å². The van der Waals surface area contributed by atoms with Crippen molar-refractivity contribution in [3.63, 3.8) is 0 Å². The molecule has 0 saturated carbocycles. The molecule has 1 aliphatic heterocycles. The first-order valence-electron chi connectivity index (χ1n) is 6.60. The van der Waals surface area contributed by atoms with Crippen LogP contribution in [0.5, 0.6) is 5.75 Å². The summed E-state index contributed by atoms with van der Waals surface area (Å²) in [5.74, 6) is 1.87. The Bertz CT molecular complexity index is 384. The normalized spacial score (nSPS) is 16.7. The van der Waals surface area contributed by atoms with Crippen molar-refractivity contribution in [2.45, 2.75) is 26.4 Å². The number of rotatable bonds is 4. The minimum atomic E-state index is 0.162. The molecule has 1 aromatic carbocycles. The Morgan fingerprint density at radius 3 is 2.67 bits per heavy atom. The van der Waals surface area contributed by atoms with Crippen LogP contribution in [0.25, 0.3) is 0 Å². The molecule has 1 aliphatic rings. The standard InChI is InChI=1S/C14H21N3O/c1-3-15-14(16-4-2)17-10-12-9-11-7-5-6-8-13(11)18-12/h5-8,12H,3-4,9-10H2,1-2H3,(H2,15,16,17). The number of ether oxygens (including phenoxy) is 1. The van der Waals surface area contributed by atoms with Gasteiger partial charge in [0.05, 0.1) is 6.54 Å². The van der Waals surface area contributed by atoms with Crippen molar-refractivity contribution in [3.8, 4) is 5.75 Å². The first-order chi connectivity index (χ1) is 8.83. The number of guanidine groups is 1. The van der Waals surface area contributed by atoms with E-state index < -0.39 is 0 Å². The summed E-state index contributed by atoms with van der Waals surface area (Å²) >= 11 is 0. The third kappa shape index (κ3) is 3.15. The molecule has 4 heteroatoms. The molecule has 1 unspecified atom stereocenters. The van der Waals surface area contributed by atoms with Gasteiger partial charge in [0.2, 0.25) is 0 Å². The van der Waals surface area contributed by atoms with E-state index in [0.29, 0.717) is 6.54 Å². The number of nitrogens with zero attached hydrogens (tertiary/aromatic N) is 1. The van der Waals surface area contributed by atoms with Crippen molar-refractivity contribution >= 4 is 5.96 Å². The summed E-state index contributed by atoms with van der Waals surface area (Å²) in [6.07, 6.45) is 1.11. The van der Waals surface area contributed by atoms with Crippen molar-refractivity contribution in [1.82, 2.24) is 10.6 Å². The molecular weight excluding hydrogens is 226 g/mol. The van der Waals surface area contributed by atoms with E-state index in [-0.39, 0.29) is 6.10 Å². The quantitative estimate of drug-likeness (QED) is 0.627. The van der Waals surface area contributed by atoms with Crippen LogP contribution in [0.15, 0.2) is 29.3 Å². The molecule has 0 aliphatic carbocycles. The van der Waals surface area contributed by atoms with E-state index >= 15 is 0 Å². The fraction of sp³-hybridized carbons (Fsp3) is 0.500. The second kappa shape index (κ2) is 6.28. The highest BCUT2D eigenvalue weighted by atomic mass is 16.5. The zero-order chi connectivity index (χ0) is 12.8. The molecule has 2 N–H and O–H groups in total. The van der Waals surface area contributed by atoms with Gasteiger partial charge < -0.3 is 15.4 Å². The average molecular weight is 247 g/mol. The average Bonchev–Trinajstić information content (AvgIpc) is 2.79. The summed E-state index contributed by atoms with van der Waals surface area (Å²) in [7, 11) is 0. The maximum atomic E-state index is 5.85. The van der Waals surface area contributed by atoms with Crippen LogP contribution in [0.4, 0.5) is 0 Å². The Morgan fingerprint density at radius 1 is 1.28 bits per heavy atom. The molecule has 0 aromatic heterocycles. The summed E-state index contributed by atoms with van der Waals surface area (Å²) in [6.45, 7) is 6.56. The third-order valence-electron chi connectivity index (χ3n) is 2.86. The van der Waals surface area contributed by atoms with Gasteiger partial charge in [-0.1, -0.05) is 18.2 Å². The highest BCUT2D eigenvalue weighted by Crippen LogP contribution is 2.27.